The van der Waals surface area contributed by atoms with E-state index in [2.05, 4.69) is 19.6 Å². The summed E-state index contributed by atoms with van der Waals surface area (Å²) in [5.74, 6) is -1.48. The highest BCUT2D eigenvalue weighted by molar-refractivity contribution is 5.70. The van der Waals surface area contributed by atoms with E-state index in [-0.39, 0.29) is 41.2 Å². The van der Waals surface area contributed by atoms with Gasteiger partial charge in [0.1, 0.15) is 12.2 Å². The van der Waals surface area contributed by atoms with Gasteiger partial charge in [-0.2, -0.15) is 18.3 Å². The van der Waals surface area contributed by atoms with Crippen molar-refractivity contribution >= 4 is 5.97 Å². The van der Waals surface area contributed by atoms with Crippen LogP contribution in [0.1, 0.15) is 80.2 Å². The number of carboxylic acids is 1. The lowest BCUT2D eigenvalue weighted by molar-refractivity contribution is -0.286. The summed E-state index contributed by atoms with van der Waals surface area (Å²) in [4.78, 5) is 15.5. The first-order valence-corrected chi connectivity index (χ1v) is 14.0. The number of fused-ring (bicyclic) bond motifs is 2. The van der Waals surface area contributed by atoms with Crippen molar-refractivity contribution in [1.29, 1.82) is 0 Å². The lowest BCUT2D eigenvalue weighted by Gasteiger charge is -2.32. The van der Waals surface area contributed by atoms with Gasteiger partial charge in [0.15, 0.2) is 17.2 Å². The van der Waals surface area contributed by atoms with Gasteiger partial charge in [0.2, 0.25) is 5.88 Å². The van der Waals surface area contributed by atoms with E-state index in [1.54, 1.807) is 6.92 Å². The highest BCUT2D eigenvalue weighted by Crippen LogP contribution is 2.44. The van der Waals surface area contributed by atoms with Gasteiger partial charge in [0, 0.05) is 17.8 Å². The minimum Gasteiger partial charge on any atom is -0.481 e. The van der Waals surface area contributed by atoms with Crippen molar-refractivity contribution in [2.75, 3.05) is 0 Å². The molecule has 14 heteroatoms. The smallest absolute Gasteiger partial charge is 0.481 e. The summed E-state index contributed by atoms with van der Waals surface area (Å²) < 4.78 is 91.6. The summed E-state index contributed by atoms with van der Waals surface area (Å²) in [6, 6.07) is 7.18. The fraction of sp³-hybridized carbons (Fsp3) is 0.483. The van der Waals surface area contributed by atoms with Gasteiger partial charge in [-0.3, -0.25) is 4.79 Å². The number of nitrogens with zero attached hydrogens (tertiary/aromatic N) is 3. The number of aromatic nitrogens is 3. The van der Waals surface area contributed by atoms with Crippen LogP contribution in [0.25, 0.3) is 5.69 Å². The van der Waals surface area contributed by atoms with Crippen LogP contribution in [-0.4, -0.2) is 38.2 Å². The quantitative estimate of drug-likeness (QED) is 0.292. The summed E-state index contributed by atoms with van der Waals surface area (Å²) in [7, 11) is 0. The standard InChI is InChI=1S/C29H28F5N3O6/c1-15(17-7-10-21-23(13-17)43-29(33,34)42-21)40-24-14-18(11-12-35-24)37-25-20(26(36-37)28(30,31)32)3-2-4-22(25)41-19-8-5-16(6-9-19)27(38)39/h7,10-16,19,22H,2-6,8-9H2,1H3,(H,38,39)/t15-,16?,19?,22-/m0/s1. The monoisotopic (exact) mass is 609 g/mol. The molecule has 0 bridgehead atoms. The van der Waals surface area contributed by atoms with Gasteiger partial charge < -0.3 is 24.1 Å². The lowest BCUT2D eigenvalue weighted by atomic mass is 9.87. The van der Waals surface area contributed by atoms with E-state index in [0.717, 1.165) is 0 Å². The van der Waals surface area contributed by atoms with E-state index in [4.69, 9.17) is 9.47 Å². The molecule has 0 amide bonds. The molecule has 3 heterocycles. The number of benzene rings is 1. The van der Waals surface area contributed by atoms with E-state index in [1.165, 1.54) is 41.2 Å². The number of pyridine rings is 1. The molecule has 6 rings (SSSR count). The zero-order valence-electron chi connectivity index (χ0n) is 22.9. The second-order valence-corrected chi connectivity index (χ2v) is 10.9. The highest BCUT2D eigenvalue weighted by Gasteiger charge is 2.44. The largest absolute Gasteiger partial charge is 0.586 e. The Morgan fingerprint density at radius 3 is 2.56 bits per heavy atom. The number of hydrogen-bond acceptors (Lipinski definition) is 7. The molecule has 9 nitrogen and oxygen atoms in total. The molecule has 2 aliphatic carbocycles. The van der Waals surface area contributed by atoms with Crippen molar-refractivity contribution in [3.05, 3.63) is 59.0 Å². The lowest BCUT2D eigenvalue weighted by Crippen LogP contribution is -2.29. The van der Waals surface area contributed by atoms with Crippen molar-refractivity contribution in [1.82, 2.24) is 14.8 Å². The molecule has 1 fully saturated rings. The van der Waals surface area contributed by atoms with Crippen LogP contribution in [-0.2, 0) is 22.1 Å². The fourth-order valence-corrected chi connectivity index (χ4v) is 5.94. The van der Waals surface area contributed by atoms with Gasteiger partial charge in [0.05, 0.1) is 23.4 Å². The first-order chi connectivity index (χ1) is 20.4. The minimum absolute atomic E-state index is 0.0751. The van der Waals surface area contributed by atoms with Crippen LogP contribution in [0.2, 0.25) is 0 Å². The van der Waals surface area contributed by atoms with E-state index >= 15 is 0 Å². The van der Waals surface area contributed by atoms with Crippen LogP contribution in [0.3, 0.4) is 0 Å². The molecular weight excluding hydrogens is 581 g/mol. The molecule has 1 N–H and O–H groups in total. The van der Waals surface area contributed by atoms with Crippen LogP contribution in [0.5, 0.6) is 17.4 Å². The number of hydrogen-bond donors (Lipinski definition) is 1. The number of halogens is 5. The van der Waals surface area contributed by atoms with E-state index in [1.807, 2.05) is 0 Å². The molecule has 3 aromatic rings. The van der Waals surface area contributed by atoms with Crippen LogP contribution in [0, 0.1) is 5.92 Å². The average Bonchev–Trinajstić information content (AvgIpc) is 3.50. The molecule has 0 saturated heterocycles. The summed E-state index contributed by atoms with van der Waals surface area (Å²) >= 11 is 0. The Labute approximate surface area is 242 Å². The Morgan fingerprint density at radius 2 is 1.84 bits per heavy atom. The predicted octanol–water partition coefficient (Wildman–Crippen LogP) is 6.79. The fourth-order valence-electron chi connectivity index (χ4n) is 5.94. The molecule has 1 aromatic carbocycles. The Hall–Kier alpha value is -3.94. The average molecular weight is 610 g/mol. The zero-order chi connectivity index (χ0) is 30.5. The van der Waals surface area contributed by atoms with E-state index in [0.29, 0.717) is 49.8 Å². The molecule has 0 radical (unpaired) electrons. The number of ether oxygens (including phenoxy) is 4. The molecule has 1 aliphatic heterocycles. The Bertz CT molecular complexity index is 1520. The third-order valence-corrected chi connectivity index (χ3v) is 8.03. The van der Waals surface area contributed by atoms with Crippen LogP contribution >= 0.6 is 0 Å². The van der Waals surface area contributed by atoms with Gasteiger partial charge >= 0.3 is 18.4 Å². The van der Waals surface area contributed by atoms with E-state index < -0.39 is 42.3 Å². The maximum atomic E-state index is 14.1. The second-order valence-electron chi connectivity index (χ2n) is 10.9. The normalized spacial score (nSPS) is 23.4. The molecular formula is C29H28F5N3O6. The number of carbonyl (C=O) groups is 1. The van der Waals surface area contributed by atoms with E-state index in [9.17, 15) is 31.9 Å². The van der Waals surface area contributed by atoms with Crippen LogP contribution < -0.4 is 14.2 Å². The second kappa shape index (κ2) is 11.0. The maximum absolute atomic E-state index is 14.1. The maximum Gasteiger partial charge on any atom is 0.586 e. The predicted molar refractivity (Wildman–Crippen MR) is 138 cm³/mol. The summed E-state index contributed by atoms with van der Waals surface area (Å²) in [5.41, 5.74) is 0.164. The summed E-state index contributed by atoms with van der Waals surface area (Å²) in [6.45, 7) is 1.66. The Kier molecular flexibility index (Phi) is 7.43. The highest BCUT2D eigenvalue weighted by atomic mass is 19.4. The van der Waals surface area contributed by atoms with Crippen molar-refractivity contribution in [3.63, 3.8) is 0 Å². The molecule has 230 valence electrons. The van der Waals surface area contributed by atoms with Crippen LogP contribution in [0.15, 0.2) is 36.5 Å². The number of aliphatic carboxylic acids is 1. The number of alkyl halides is 5. The van der Waals surface area contributed by atoms with Gasteiger partial charge in [-0.25, -0.2) is 9.67 Å². The molecule has 43 heavy (non-hydrogen) atoms. The molecule has 0 unspecified atom stereocenters. The van der Waals surface area contributed by atoms with Crippen molar-refractivity contribution in [2.45, 2.75) is 82.7 Å². The zero-order valence-corrected chi connectivity index (χ0v) is 22.9. The molecule has 2 aromatic heterocycles. The van der Waals surface area contributed by atoms with Crippen LogP contribution in [0.4, 0.5) is 22.0 Å². The Balaban J connectivity index is 1.27. The number of carboxylic acid groups (broad SMARTS) is 1. The first kappa shape index (κ1) is 29.1. The molecule has 1 saturated carbocycles. The third-order valence-electron chi connectivity index (χ3n) is 8.03. The SMILES string of the molecule is C[C@H](Oc1cc(-n2nc(C(F)(F)F)c3c2[C@@H](OC2CCC(C(=O)O)CC2)CCC3)ccn1)c1ccc2c(c1)OC(F)(F)O2. The minimum atomic E-state index is -4.69. The summed E-state index contributed by atoms with van der Waals surface area (Å²) in [5, 5.41) is 13.3. The van der Waals surface area contributed by atoms with Gasteiger partial charge in [-0.05, 0) is 75.6 Å². The van der Waals surface area contributed by atoms with Crippen molar-refractivity contribution in [3.8, 4) is 23.1 Å². The molecule has 2 atom stereocenters. The first-order valence-electron chi connectivity index (χ1n) is 14.0. The molecule has 0 spiro atoms. The van der Waals surface area contributed by atoms with Crippen molar-refractivity contribution in [2.24, 2.45) is 5.92 Å². The van der Waals surface area contributed by atoms with Gasteiger partial charge in [-0.1, -0.05) is 6.07 Å². The summed E-state index contributed by atoms with van der Waals surface area (Å²) in [6.07, 6.45) is -5.64. The van der Waals surface area contributed by atoms with Gasteiger partial charge in [0.25, 0.3) is 0 Å². The number of rotatable bonds is 7. The molecule has 3 aliphatic rings. The third kappa shape index (κ3) is 5.97. The van der Waals surface area contributed by atoms with Crippen molar-refractivity contribution < 1.29 is 50.8 Å². The Morgan fingerprint density at radius 1 is 1.09 bits per heavy atom. The topological polar surface area (TPSA) is 105 Å². The van der Waals surface area contributed by atoms with Gasteiger partial charge in [-0.15, -0.1) is 8.78 Å².